The number of piperidine rings is 1. The van der Waals surface area contributed by atoms with Gasteiger partial charge in [-0.15, -0.1) is 0 Å². The first kappa shape index (κ1) is 13.2. The molecule has 1 aromatic carbocycles. The molecule has 0 bridgehead atoms. The number of hydrogen-bond acceptors (Lipinski definition) is 2. The molecular formula is C15H19ClN2. The third-order valence-corrected chi connectivity index (χ3v) is 3.87. The summed E-state index contributed by atoms with van der Waals surface area (Å²) in [4.78, 5) is 2.40. The fourth-order valence-electron chi connectivity index (χ4n) is 2.80. The Hall–Kier alpha value is -1.20. The predicted octanol–water partition coefficient (Wildman–Crippen LogP) is 4.37. The van der Waals surface area contributed by atoms with Gasteiger partial charge in [-0.05, 0) is 43.9 Å². The molecule has 1 aliphatic heterocycles. The second kappa shape index (κ2) is 6.11. The molecule has 2 rings (SSSR count). The molecule has 1 heterocycles. The van der Waals surface area contributed by atoms with E-state index in [-0.39, 0.29) is 0 Å². The van der Waals surface area contributed by atoms with Gasteiger partial charge < -0.3 is 4.90 Å². The van der Waals surface area contributed by atoms with Crippen molar-refractivity contribution in [3.05, 3.63) is 28.8 Å². The minimum Gasteiger partial charge on any atom is -0.367 e. The minimum absolute atomic E-state index is 0.581. The standard InChI is InChI=1S/C15H19ClN2/c1-2-5-14-6-3-4-9-18(14)15-8-7-13(16)10-12(15)11-17/h7-8,10,14H,2-6,9H2,1H3. The van der Waals surface area contributed by atoms with Gasteiger partial charge in [0.1, 0.15) is 6.07 Å². The van der Waals surface area contributed by atoms with Crippen LogP contribution in [0.1, 0.15) is 44.6 Å². The van der Waals surface area contributed by atoms with E-state index in [1.165, 1.54) is 32.1 Å². The van der Waals surface area contributed by atoms with Crippen LogP contribution in [0.15, 0.2) is 18.2 Å². The highest BCUT2D eigenvalue weighted by Gasteiger charge is 2.23. The van der Waals surface area contributed by atoms with Gasteiger partial charge in [0.15, 0.2) is 0 Å². The van der Waals surface area contributed by atoms with Gasteiger partial charge in [0.25, 0.3) is 0 Å². The van der Waals surface area contributed by atoms with Gasteiger partial charge in [0, 0.05) is 17.6 Å². The molecule has 0 spiro atoms. The van der Waals surface area contributed by atoms with E-state index >= 15 is 0 Å². The van der Waals surface area contributed by atoms with Gasteiger partial charge in [-0.25, -0.2) is 0 Å². The zero-order chi connectivity index (χ0) is 13.0. The lowest BCUT2D eigenvalue weighted by Crippen LogP contribution is -2.39. The van der Waals surface area contributed by atoms with E-state index in [1.807, 2.05) is 12.1 Å². The Morgan fingerprint density at radius 2 is 2.28 bits per heavy atom. The van der Waals surface area contributed by atoms with Crippen LogP contribution in [0.3, 0.4) is 0 Å². The van der Waals surface area contributed by atoms with Crippen molar-refractivity contribution in [3.63, 3.8) is 0 Å². The molecule has 0 saturated carbocycles. The topological polar surface area (TPSA) is 27.0 Å². The van der Waals surface area contributed by atoms with Gasteiger partial charge in [-0.3, -0.25) is 0 Å². The Labute approximate surface area is 114 Å². The number of benzene rings is 1. The molecule has 1 unspecified atom stereocenters. The highest BCUT2D eigenvalue weighted by molar-refractivity contribution is 6.30. The van der Waals surface area contributed by atoms with Crippen molar-refractivity contribution >= 4 is 17.3 Å². The highest BCUT2D eigenvalue weighted by atomic mass is 35.5. The lowest BCUT2D eigenvalue weighted by Gasteiger charge is -2.38. The summed E-state index contributed by atoms with van der Waals surface area (Å²) in [6.07, 6.45) is 6.15. The van der Waals surface area contributed by atoms with Crippen LogP contribution in [0, 0.1) is 11.3 Å². The summed E-state index contributed by atoms with van der Waals surface area (Å²) in [5, 5.41) is 9.89. The quantitative estimate of drug-likeness (QED) is 0.809. The third-order valence-electron chi connectivity index (χ3n) is 3.64. The molecule has 18 heavy (non-hydrogen) atoms. The molecule has 0 N–H and O–H groups in total. The molecule has 96 valence electrons. The summed E-state index contributed by atoms with van der Waals surface area (Å²) >= 11 is 5.96. The maximum Gasteiger partial charge on any atom is 0.101 e. The van der Waals surface area contributed by atoms with Gasteiger partial charge in [0.05, 0.1) is 11.3 Å². The first-order chi connectivity index (χ1) is 8.76. The number of halogens is 1. The number of rotatable bonds is 3. The second-order valence-corrected chi connectivity index (χ2v) is 5.34. The molecular weight excluding hydrogens is 244 g/mol. The number of nitriles is 1. The van der Waals surface area contributed by atoms with E-state index in [9.17, 15) is 5.26 Å². The lowest BCUT2D eigenvalue weighted by atomic mass is 9.96. The van der Waals surface area contributed by atoms with Crippen molar-refractivity contribution in [2.45, 2.75) is 45.1 Å². The Kier molecular flexibility index (Phi) is 4.49. The number of anilines is 1. The largest absolute Gasteiger partial charge is 0.367 e. The first-order valence-electron chi connectivity index (χ1n) is 6.72. The summed E-state index contributed by atoms with van der Waals surface area (Å²) in [5.74, 6) is 0. The Bertz CT molecular complexity index is 448. The molecule has 0 aliphatic carbocycles. The smallest absolute Gasteiger partial charge is 0.101 e. The highest BCUT2D eigenvalue weighted by Crippen LogP contribution is 2.31. The van der Waals surface area contributed by atoms with Crippen LogP contribution in [0.2, 0.25) is 5.02 Å². The van der Waals surface area contributed by atoms with Crippen molar-refractivity contribution < 1.29 is 0 Å². The summed E-state index contributed by atoms with van der Waals surface area (Å²) in [6, 6.07) is 8.50. The van der Waals surface area contributed by atoms with Gasteiger partial charge in [0.2, 0.25) is 0 Å². The predicted molar refractivity (Wildman–Crippen MR) is 76.1 cm³/mol. The molecule has 1 aliphatic rings. The minimum atomic E-state index is 0.581. The van der Waals surface area contributed by atoms with Gasteiger partial charge in [-0.1, -0.05) is 24.9 Å². The molecule has 0 radical (unpaired) electrons. The van der Waals surface area contributed by atoms with Crippen LogP contribution < -0.4 is 4.90 Å². The maximum atomic E-state index is 9.25. The van der Waals surface area contributed by atoms with E-state index in [4.69, 9.17) is 11.6 Å². The molecule has 1 fully saturated rings. The molecule has 0 amide bonds. The Balaban J connectivity index is 2.30. The summed E-state index contributed by atoms with van der Waals surface area (Å²) in [6.45, 7) is 3.28. The molecule has 2 nitrogen and oxygen atoms in total. The van der Waals surface area contributed by atoms with E-state index in [1.54, 1.807) is 6.07 Å². The van der Waals surface area contributed by atoms with E-state index in [0.29, 0.717) is 16.6 Å². The number of hydrogen-bond donors (Lipinski definition) is 0. The van der Waals surface area contributed by atoms with Crippen LogP contribution >= 0.6 is 11.6 Å². The molecule has 3 heteroatoms. The second-order valence-electron chi connectivity index (χ2n) is 4.90. The molecule has 1 aromatic rings. The molecule has 1 atom stereocenters. The first-order valence-corrected chi connectivity index (χ1v) is 7.10. The van der Waals surface area contributed by atoms with Crippen molar-refractivity contribution in [3.8, 4) is 6.07 Å². The fourth-order valence-corrected chi connectivity index (χ4v) is 2.97. The zero-order valence-corrected chi connectivity index (χ0v) is 11.6. The zero-order valence-electron chi connectivity index (χ0n) is 10.8. The summed E-state index contributed by atoms with van der Waals surface area (Å²) in [5.41, 5.74) is 1.76. The number of nitrogens with zero attached hydrogens (tertiary/aromatic N) is 2. The Morgan fingerprint density at radius 3 is 3.00 bits per heavy atom. The van der Waals surface area contributed by atoms with Crippen molar-refractivity contribution in [2.75, 3.05) is 11.4 Å². The van der Waals surface area contributed by atoms with Gasteiger partial charge >= 0.3 is 0 Å². The fraction of sp³-hybridized carbons (Fsp3) is 0.533. The lowest BCUT2D eigenvalue weighted by molar-refractivity contribution is 0.434. The van der Waals surface area contributed by atoms with Crippen molar-refractivity contribution in [1.82, 2.24) is 0 Å². The average Bonchev–Trinajstić information content (AvgIpc) is 2.40. The Morgan fingerprint density at radius 1 is 1.44 bits per heavy atom. The van der Waals surface area contributed by atoms with Crippen LogP contribution in [0.5, 0.6) is 0 Å². The third kappa shape index (κ3) is 2.79. The normalized spacial score (nSPS) is 19.6. The van der Waals surface area contributed by atoms with E-state index in [0.717, 1.165) is 12.2 Å². The van der Waals surface area contributed by atoms with Crippen LogP contribution in [-0.4, -0.2) is 12.6 Å². The van der Waals surface area contributed by atoms with Crippen LogP contribution in [0.4, 0.5) is 5.69 Å². The SMILES string of the molecule is CCCC1CCCCN1c1ccc(Cl)cc1C#N. The average molecular weight is 263 g/mol. The molecule has 0 aromatic heterocycles. The monoisotopic (exact) mass is 262 g/mol. The molecule has 1 saturated heterocycles. The van der Waals surface area contributed by atoms with Crippen LogP contribution in [0.25, 0.3) is 0 Å². The maximum absolute atomic E-state index is 9.25. The summed E-state index contributed by atoms with van der Waals surface area (Å²) < 4.78 is 0. The van der Waals surface area contributed by atoms with E-state index in [2.05, 4.69) is 17.9 Å². The van der Waals surface area contributed by atoms with Crippen molar-refractivity contribution in [1.29, 1.82) is 5.26 Å². The van der Waals surface area contributed by atoms with Gasteiger partial charge in [-0.2, -0.15) is 5.26 Å². The van der Waals surface area contributed by atoms with Crippen LogP contribution in [-0.2, 0) is 0 Å². The van der Waals surface area contributed by atoms with E-state index < -0.39 is 0 Å². The van der Waals surface area contributed by atoms with Crippen molar-refractivity contribution in [2.24, 2.45) is 0 Å². The summed E-state index contributed by atoms with van der Waals surface area (Å²) in [7, 11) is 0.